The molecule has 1 N–H and O–H groups in total. The van der Waals surface area contributed by atoms with Crippen LogP contribution < -0.4 is 10.3 Å². The van der Waals surface area contributed by atoms with E-state index in [2.05, 4.69) is 56.1 Å². The molecule has 1 saturated carbocycles. The Balaban J connectivity index is 1.55. The van der Waals surface area contributed by atoms with Gasteiger partial charge in [0.05, 0.1) is 11.1 Å². The Morgan fingerprint density at radius 1 is 1.09 bits per heavy atom. The summed E-state index contributed by atoms with van der Waals surface area (Å²) in [7, 11) is 0. The molecule has 0 aliphatic heterocycles. The Morgan fingerprint density at radius 3 is 2.48 bits per heavy atom. The zero-order chi connectivity index (χ0) is 23.4. The zero-order valence-electron chi connectivity index (χ0n) is 20.1. The lowest BCUT2D eigenvalue weighted by atomic mass is 9.59. The largest absolute Gasteiger partial charge is 0.489 e. The van der Waals surface area contributed by atoms with Gasteiger partial charge in [-0.1, -0.05) is 75.5 Å². The summed E-state index contributed by atoms with van der Waals surface area (Å²) in [5.41, 5.74) is 1.57. The van der Waals surface area contributed by atoms with E-state index in [0.717, 1.165) is 37.0 Å². The Kier molecular flexibility index (Phi) is 7.48. The number of fused-ring (bicyclic) bond motifs is 1. The molecule has 1 unspecified atom stereocenters. The van der Waals surface area contributed by atoms with Gasteiger partial charge in [-0.3, -0.25) is 4.79 Å². The smallest absolute Gasteiger partial charge is 0.255 e. The fraction of sp³-hybridized carbons (Fsp3) is 0.483. The van der Waals surface area contributed by atoms with E-state index in [-0.39, 0.29) is 17.1 Å². The van der Waals surface area contributed by atoms with Gasteiger partial charge in [-0.2, -0.15) is 0 Å². The molecule has 1 aromatic heterocycles. The second kappa shape index (κ2) is 10.3. The molecule has 3 aromatic rings. The standard InChI is InChI=1S/C29H36ClNO2/c1-4-22(11-10-20(2)3)29(23-8-6-5-7-9-23)15-12-24(13-16-29)33-27-18-21-14-17-31-28(32)25(21)19-26(27)30/h5-9,14,17-20,22,24H,4,10-13,15-16H2,1-3H3,(H,31,32). The molecule has 4 heteroatoms. The molecule has 1 atom stereocenters. The van der Waals surface area contributed by atoms with E-state index in [4.69, 9.17) is 16.3 Å². The maximum atomic E-state index is 12.1. The van der Waals surface area contributed by atoms with Crippen LogP contribution in [-0.4, -0.2) is 11.1 Å². The van der Waals surface area contributed by atoms with Crippen molar-refractivity contribution in [2.45, 2.75) is 77.2 Å². The van der Waals surface area contributed by atoms with Gasteiger partial charge in [-0.25, -0.2) is 0 Å². The highest BCUT2D eigenvalue weighted by Crippen LogP contribution is 2.49. The minimum absolute atomic E-state index is 0.127. The van der Waals surface area contributed by atoms with Crippen molar-refractivity contribution in [2.24, 2.45) is 11.8 Å². The molecule has 1 fully saturated rings. The average Bonchev–Trinajstić information content (AvgIpc) is 2.82. The number of benzene rings is 2. The van der Waals surface area contributed by atoms with Crippen LogP contribution in [0, 0.1) is 11.8 Å². The van der Waals surface area contributed by atoms with Gasteiger partial charge < -0.3 is 9.72 Å². The second-order valence-corrected chi connectivity index (χ2v) is 10.5. The molecule has 2 aromatic carbocycles. The van der Waals surface area contributed by atoms with Crippen LogP contribution in [0.15, 0.2) is 59.5 Å². The Hall–Kier alpha value is -2.26. The van der Waals surface area contributed by atoms with Crippen molar-refractivity contribution in [3.05, 3.63) is 75.7 Å². The SMILES string of the molecule is CCC(CCC(C)C)C1(c2ccccc2)CCC(Oc2cc3cc[nH]c(=O)c3cc2Cl)CC1. The number of hydrogen-bond acceptors (Lipinski definition) is 2. The quantitative estimate of drug-likeness (QED) is 0.367. The van der Waals surface area contributed by atoms with Crippen LogP contribution >= 0.6 is 11.6 Å². The van der Waals surface area contributed by atoms with E-state index in [1.165, 1.54) is 24.8 Å². The van der Waals surface area contributed by atoms with Crippen molar-refractivity contribution in [1.82, 2.24) is 4.98 Å². The molecule has 0 spiro atoms. The lowest BCUT2D eigenvalue weighted by Gasteiger charge is -2.46. The number of ether oxygens (including phenoxy) is 1. The van der Waals surface area contributed by atoms with Crippen molar-refractivity contribution in [2.75, 3.05) is 0 Å². The van der Waals surface area contributed by atoms with Gasteiger partial charge in [0.15, 0.2) is 0 Å². The van der Waals surface area contributed by atoms with Crippen molar-refractivity contribution in [3.63, 3.8) is 0 Å². The minimum Gasteiger partial charge on any atom is -0.489 e. The molecule has 3 nitrogen and oxygen atoms in total. The number of rotatable bonds is 8. The molecule has 0 bridgehead atoms. The summed E-state index contributed by atoms with van der Waals surface area (Å²) in [5.74, 6) is 2.09. The molecule has 1 heterocycles. The molecule has 4 rings (SSSR count). The van der Waals surface area contributed by atoms with Crippen LogP contribution in [0.2, 0.25) is 5.02 Å². The fourth-order valence-electron chi connectivity index (χ4n) is 5.79. The van der Waals surface area contributed by atoms with E-state index < -0.39 is 0 Å². The fourth-order valence-corrected chi connectivity index (χ4v) is 6.00. The Morgan fingerprint density at radius 2 is 1.82 bits per heavy atom. The molecule has 33 heavy (non-hydrogen) atoms. The lowest BCUT2D eigenvalue weighted by molar-refractivity contribution is 0.0808. The molecule has 0 amide bonds. The van der Waals surface area contributed by atoms with Crippen LogP contribution in [0.5, 0.6) is 5.75 Å². The zero-order valence-corrected chi connectivity index (χ0v) is 20.8. The molecular weight excluding hydrogens is 430 g/mol. The summed E-state index contributed by atoms with van der Waals surface area (Å²) in [5, 5.41) is 1.95. The number of pyridine rings is 1. The number of hydrogen-bond donors (Lipinski definition) is 1. The first kappa shape index (κ1) is 23.9. The van der Waals surface area contributed by atoms with Gasteiger partial charge >= 0.3 is 0 Å². The number of nitrogens with one attached hydrogen (secondary N) is 1. The normalized spacial score (nSPS) is 21.9. The van der Waals surface area contributed by atoms with Gasteiger partial charge in [0.1, 0.15) is 5.75 Å². The van der Waals surface area contributed by atoms with Gasteiger partial charge in [0.2, 0.25) is 0 Å². The van der Waals surface area contributed by atoms with Crippen molar-refractivity contribution >= 4 is 22.4 Å². The predicted octanol–water partition coefficient (Wildman–Crippen LogP) is 7.90. The topological polar surface area (TPSA) is 42.1 Å². The van der Waals surface area contributed by atoms with E-state index >= 15 is 0 Å². The Labute approximate surface area is 202 Å². The lowest BCUT2D eigenvalue weighted by Crippen LogP contribution is -2.41. The van der Waals surface area contributed by atoms with Gasteiger partial charge in [0, 0.05) is 11.6 Å². The maximum Gasteiger partial charge on any atom is 0.255 e. The first-order valence-electron chi connectivity index (χ1n) is 12.5. The van der Waals surface area contributed by atoms with E-state index in [0.29, 0.717) is 22.1 Å². The second-order valence-electron chi connectivity index (χ2n) is 10.1. The summed E-state index contributed by atoms with van der Waals surface area (Å²) in [6, 6.07) is 16.7. The summed E-state index contributed by atoms with van der Waals surface area (Å²) in [6.07, 6.45) is 9.84. The minimum atomic E-state index is -0.127. The van der Waals surface area contributed by atoms with Crippen molar-refractivity contribution < 1.29 is 4.74 Å². The van der Waals surface area contributed by atoms with Crippen LogP contribution in [0.3, 0.4) is 0 Å². The van der Waals surface area contributed by atoms with Gasteiger partial charge in [-0.15, -0.1) is 0 Å². The average molecular weight is 466 g/mol. The monoisotopic (exact) mass is 465 g/mol. The van der Waals surface area contributed by atoms with Crippen LogP contribution in [0.4, 0.5) is 0 Å². The third-order valence-corrected chi connectivity index (χ3v) is 7.96. The molecule has 176 valence electrons. The summed E-state index contributed by atoms with van der Waals surface area (Å²) in [6.45, 7) is 7.01. The number of aromatic nitrogens is 1. The maximum absolute atomic E-state index is 12.1. The first-order valence-corrected chi connectivity index (χ1v) is 12.8. The number of halogens is 1. The van der Waals surface area contributed by atoms with E-state index in [1.54, 1.807) is 12.3 Å². The summed E-state index contributed by atoms with van der Waals surface area (Å²) < 4.78 is 6.43. The summed E-state index contributed by atoms with van der Waals surface area (Å²) in [4.78, 5) is 14.8. The van der Waals surface area contributed by atoms with Crippen LogP contribution in [0.1, 0.15) is 71.3 Å². The van der Waals surface area contributed by atoms with Crippen LogP contribution in [-0.2, 0) is 5.41 Å². The molecule has 1 aliphatic carbocycles. The third-order valence-electron chi connectivity index (χ3n) is 7.66. The Bertz CT molecular complexity index is 1110. The number of H-pyrrole nitrogens is 1. The van der Waals surface area contributed by atoms with Gasteiger partial charge in [0.25, 0.3) is 5.56 Å². The summed E-state index contributed by atoms with van der Waals surface area (Å²) >= 11 is 6.51. The third kappa shape index (κ3) is 5.14. The highest BCUT2D eigenvalue weighted by atomic mass is 35.5. The van der Waals surface area contributed by atoms with Crippen molar-refractivity contribution in [1.29, 1.82) is 0 Å². The molecule has 1 aliphatic rings. The van der Waals surface area contributed by atoms with E-state index in [1.807, 2.05) is 12.1 Å². The van der Waals surface area contributed by atoms with Crippen molar-refractivity contribution in [3.8, 4) is 5.75 Å². The molecule has 0 radical (unpaired) electrons. The molecular formula is C29H36ClNO2. The highest BCUT2D eigenvalue weighted by molar-refractivity contribution is 6.32. The van der Waals surface area contributed by atoms with Crippen LogP contribution in [0.25, 0.3) is 10.8 Å². The van der Waals surface area contributed by atoms with E-state index in [9.17, 15) is 4.79 Å². The predicted molar refractivity (Wildman–Crippen MR) is 138 cm³/mol. The molecule has 0 saturated heterocycles. The van der Waals surface area contributed by atoms with Gasteiger partial charge in [-0.05, 0) is 78.5 Å². The number of aromatic amines is 1. The highest BCUT2D eigenvalue weighted by Gasteiger charge is 2.42. The first-order chi connectivity index (χ1) is 15.9.